The van der Waals surface area contributed by atoms with Gasteiger partial charge in [-0.2, -0.15) is 13.2 Å². The number of nitrogens with zero attached hydrogens (tertiary/aromatic N) is 2. The van der Waals surface area contributed by atoms with Gasteiger partial charge in [0.15, 0.2) is 0 Å². The summed E-state index contributed by atoms with van der Waals surface area (Å²) in [6.45, 7) is 2.13. The number of piperidine rings is 1. The number of alkyl halides is 3. The Bertz CT molecular complexity index is 1550. The molecule has 4 aromatic rings. The standard InChI is InChI=1S/C31H25Cl3F3N3O/c32-24-6-7-25(27(33)17-24)20-3-1-19(2-4-20)18-40-13-10-21(11-14-40)26-16-23(31(35,36)37)5-8-28(26)39-30(41)22-9-12-38-29(34)15-22/h1-9,12,15-17,21H,10-11,13-14,18H2,(H,39,41). The normalized spacial score (nSPS) is 14.7. The quantitative estimate of drug-likeness (QED) is 0.219. The number of nitrogens with one attached hydrogen (secondary N) is 1. The summed E-state index contributed by atoms with van der Waals surface area (Å²) in [4.78, 5) is 19.0. The van der Waals surface area contributed by atoms with E-state index in [-0.39, 0.29) is 16.6 Å². The lowest BCUT2D eigenvalue weighted by Gasteiger charge is -2.33. The van der Waals surface area contributed by atoms with Crippen LogP contribution in [-0.4, -0.2) is 28.9 Å². The van der Waals surface area contributed by atoms with E-state index in [1.54, 1.807) is 12.1 Å². The third-order valence-electron chi connectivity index (χ3n) is 7.25. The predicted molar refractivity (Wildman–Crippen MR) is 158 cm³/mol. The van der Waals surface area contributed by atoms with Gasteiger partial charge < -0.3 is 5.32 Å². The highest BCUT2D eigenvalue weighted by Crippen LogP contribution is 2.39. The van der Waals surface area contributed by atoms with E-state index in [1.165, 1.54) is 24.4 Å². The zero-order chi connectivity index (χ0) is 29.1. The summed E-state index contributed by atoms with van der Waals surface area (Å²) in [7, 11) is 0. The fraction of sp³-hybridized carbons (Fsp3) is 0.226. The third kappa shape index (κ3) is 7.22. The maximum Gasteiger partial charge on any atom is 0.416 e. The molecule has 1 amide bonds. The maximum absolute atomic E-state index is 13.6. The molecule has 0 atom stereocenters. The molecule has 0 aliphatic carbocycles. The molecule has 10 heteroatoms. The van der Waals surface area contributed by atoms with Crippen LogP contribution >= 0.6 is 34.8 Å². The highest BCUT2D eigenvalue weighted by Gasteiger charge is 2.33. The topological polar surface area (TPSA) is 45.2 Å². The van der Waals surface area contributed by atoms with Gasteiger partial charge in [0.05, 0.1) is 5.56 Å². The zero-order valence-electron chi connectivity index (χ0n) is 21.7. The Kier molecular flexibility index (Phi) is 8.90. The van der Waals surface area contributed by atoms with Crippen LogP contribution in [0.15, 0.2) is 79.0 Å². The first kappa shape index (κ1) is 29.4. The van der Waals surface area contributed by atoms with Crippen LogP contribution in [0.5, 0.6) is 0 Å². The molecule has 0 radical (unpaired) electrons. The van der Waals surface area contributed by atoms with Crippen LogP contribution in [0.3, 0.4) is 0 Å². The average molecular weight is 619 g/mol. The van der Waals surface area contributed by atoms with Gasteiger partial charge >= 0.3 is 6.18 Å². The van der Waals surface area contributed by atoms with Crippen molar-refractivity contribution in [2.75, 3.05) is 18.4 Å². The molecule has 1 saturated heterocycles. The van der Waals surface area contributed by atoms with E-state index in [1.807, 2.05) is 18.2 Å². The molecule has 2 heterocycles. The third-order valence-corrected chi connectivity index (χ3v) is 8.00. The minimum absolute atomic E-state index is 0.140. The fourth-order valence-electron chi connectivity index (χ4n) is 5.10. The van der Waals surface area contributed by atoms with Crippen molar-refractivity contribution in [1.29, 1.82) is 0 Å². The number of rotatable bonds is 6. The molecule has 0 spiro atoms. The van der Waals surface area contributed by atoms with E-state index in [4.69, 9.17) is 34.8 Å². The SMILES string of the molecule is O=C(Nc1ccc(C(F)(F)F)cc1C1CCN(Cc2ccc(-c3ccc(Cl)cc3Cl)cc2)CC1)c1ccnc(Cl)c1. The molecule has 212 valence electrons. The molecule has 5 rings (SSSR count). The summed E-state index contributed by atoms with van der Waals surface area (Å²) in [5.41, 5.74) is 3.40. The fourth-order valence-corrected chi connectivity index (χ4v) is 5.79. The van der Waals surface area contributed by atoms with Gasteiger partial charge in [0.25, 0.3) is 5.91 Å². The lowest BCUT2D eigenvalue weighted by Crippen LogP contribution is -2.32. The molecule has 0 bridgehead atoms. The Hall–Kier alpha value is -3.10. The van der Waals surface area contributed by atoms with E-state index in [0.717, 1.165) is 35.4 Å². The largest absolute Gasteiger partial charge is 0.416 e. The number of halogens is 6. The van der Waals surface area contributed by atoms with Crippen molar-refractivity contribution in [3.63, 3.8) is 0 Å². The van der Waals surface area contributed by atoms with Crippen molar-refractivity contribution in [2.24, 2.45) is 0 Å². The van der Waals surface area contributed by atoms with Crippen LogP contribution in [0.1, 0.15) is 45.8 Å². The van der Waals surface area contributed by atoms with Crippen LogP contribution in [0.2, 0.25) is 15.2 Å². The van der Waals surface area contributed by atoms with Crippen molar-refractivity contribution < 1.29 is 18.0 Å². The van der Waals surface area contributed by atoms with E-state index in [0.29, 0.717) is 47.2 Å². The number of carbonyl (C=O) groups excluding carboxylic acids is 1. The second-order valence-electron chi connectivity index (χ2n) is 9.99. The molecule has 1 aliphatic rings. The second-order valence-corrected chi connectivity index (χ2v) is 11.2. The van der Waals surface area contributed by atoms with Crippen LogP contribution in [0, 0.1) is 0 Å². The maximum atomic E-state index is 13.6. The van der Waals surface area contributed by atoms with Crippen molar-refractivity contribution >= 4 is 46.4 Å². The Morgan fingerprint density at radius 2 is 1.66 bits per heavy atom. The minimum Gasteiger partial charge on any atom is -0.322 e. The molecular formula is C31H25Cl3F3N3O. The van der Waals surface area contributed by atoms with Crippen LogP contribution in [0.25, 0.3) is 11.1 Å². The van der Waals surface area contributed by atoms with Crippen molar-refractivity contribution in [2.45, 2.75) is 31.5 Å². The van der Waals surface area contributed by atoms with Gasteiger partial charge in [0.2, 0.25) is 0 Å². The minimum atomic E-state index is -4.49. The number of pyridine rings is 1. The van der Waals surface area contributed by atoms with Gasteiger partial charge in [-0.15, -0.1) is 0 Å². The molecule has 1 aliphatic heterocycles. The van der Waals surface area contributed by atoms with Gasteiger partial charge in [0.1, 0.15) is 5.15 Å². The highest BCUT2D eigenvalue weighted by atomic mass is 35.5. The Morgan fingerprint density at radius 1 is 0.927 bits per heavy atom. The summed E-state index contributed by atoms with van der Waals surface area (Å²) >= 11 is 18.3. The number of hydrogen-bond acceptors (Lipinski definition) is 3. The van der Waals surface area contributed by atoms with Gasteiger partial charge in [-0.3, -0.25) is 9.69 Å². The van der Waals surface area contributed by atoms with Crippen molar-refractivity contribution in [3.05, 3.63) is 116 Å². The number of likely N-dealkylation sites (tertiary alicyclic amines) is 1. The molecule has 1 fully saturated rings. The van der Waals surface area contributed by atoms with Crippen LogP contribution < -0.4 is 5.32 Å². The lowest BCUT2D eigenvalue weighted by molar-refractivity contribution is -0.137. The Balaban J connectivity index is 1.28. The zero-order valence-corrected chi connectivity index (χ0v) is 24.0. The van der Waals surface area contributed by atoms with E-state index in [2.05, 4.69) is 27.3 Å². The molecule has 1 N–H and O–H groups in total. The highest BCUT2D eigenvalue weighted by molar-refractivity contribution is 6.36. The number of amides is 1. The number of benzene rings is 3. The van der Waals surface area contributed by atoms with Crippen molar-refractivity contribution in [3.8, 4) is 11.1 Å². The molecule has 41 heavy (non-hydrogen) atoms. The summed E-state index contributed by atoms with van der Waals surface area (Å²) in [6.07, 6.45) is -1.77. The Morgan fingerprint density at radius 3 is 2.32 bits per heavy atom. The summed E-state index contributed by atoms with van der Waals surface area (Å²) in [5, 5.41) is 4.10. The van der Waals surface area contributed by atoms with Gasteiger partial charge in [0, 0.05) is 39.6 Å². The Labute approximate surface area is 251 Å². The molecule has 4 nitrogen and oxygen atoms in total. The van der Waals surface area contributed by atoms with Gasteiger partial charge in [-0.25, -0.2) is 4.98 Å². The van der Waals surface area contributed by atoms with E-state index < -0.39 is 17.6 Å². The molecular weight excluding hydrogens is 594 g/mol. The van der Waals surface area contributed by atoms with Crippen LogP contribution in [-0.2, 0) is 12.7 Å². The lowest BCUT2D eigenvalue weighted by atomic mass is 9.87. The first-order valence-corrected chi connectivity index (χ1v) is 14.1. The number of aromatic nitrogens is 1. The first-order valence-electron chi connectivity index (χ1n) is 13.0. The smallest absolute Gasteiger partial charge is 0.322 e. The second kappa shape index (κ2) is 12.4. The van der Waals surface area contributed by atoms with Crippen LogP contribution in [0.4, 0.5) is 18.9 Å². The number of hydrogen-bond donors (Lipinski definition) is 1. The molecule has 0 unspecified atom stereocenters. The summed E-state index contributed by atoms with van der Waals surface area (Å²) < 4.78 is 40.8. The number of carbonyl (C=O) groups is 1. The van der Waals surface area contributed by atoms with E-state index in [9.17, 15) is 18.0 Å². The predicted octanol–water partition coefficient (Wildman–Crippen LogP) is 9.36. The summed E-state index contributed by atoms with van der Waals surface area (Å²) in [6, 6.07) is 20.0. The number of anilines is 1. The molecule has 0 saturated carbocycles. The molecule has 1 aromatic heterocycles. The van der Waals surface area contributed by atoms with Gasteiger partial charge in [-0.1, -0.05) is 65.1 Å². The monoisotopic (exact) mass is 617 g/mol. The van der Waals surface area contributed by atoms with Gasteiger partial charge in [-0.05, 0) is 91.0 Å². The van der Waals surface area contributed by atoms with E-state index >= 15 is 0 Å². The first-order chi connectivity index (χ1) is 19.6. The molecule has 3 aromatic carbocycles. The summed E-state index contributed by atoms with van der Waals surface area (Å²) in [5.74, 6) is -0.602. The van der Waals surface area contributed by atoms with Crippen molar-refractivity contribution in [1.82, 2.24) is 9.88 Å². The average Bonchev–Trinajstić information content (AvgIpc) is 2.94.